The number of carbonyl (C=O) groups is 1. The Morgan fingerprint density at radius 1 is 1.44 bits per heavy atom. The molecule has 0 bridgehead atoms. The summed E-state index contributed by atoms with van der Waals surface area (Å²) in [5.74, 6) is 0.429. The van der Waals surface area contributed by atoms with Crippen molar-refractivity contribution in [2.24, 2.45) is 0 Å². The second-order valence-electron chi connectivity index (χ2n) is 3.58. The van der Waals surface area contributed by atoms with E-state index in [4.69, 9.17) is 9.84 Å². The lowest BCUT2D eigenvalue weighted by molar-refractivity contribution is 0.0702. The predicted molar refractivity (Wildman–Crippen MR) is 69.4 cm³/mol. The average Bonchev–Trinajstić information content (AvgIpc) is 2.86. The van der Waals surface area contributed by atoms with Crippen LogP contribution >= 0.6 is 11.5 Å². The number of anilines is 1. The standard InChI is InChI=1S/C12H12N2O3S/c1-17-9-4-2-8(3-5-9)7-13-11-6-10(12(15)16)18-14-11/h2-6H,7H2,1H3,(H,13,14)(H,15,16). The zero-order valence-corrected chi connectivity index (χ0v) is 10.5. The van der Waals surface area contributed by atoms with Gasteiger partial charge in [-0.1, -0.05) is 12.1 Å². The molecule has 2 rings (SSSR count). The molecule has 0 saturated carbocycles. The quantitative estimate of drug-likeness (QED) is 0.868. The fraction of sp³-hybridized carbons (Fsp3) is 0.167. The van der Waals surface area contributed by atoms with Crippen LogP contribution in [-0.2, 0) is 6.54 Å². The number of ether oxygens (including phenoxy) is 1. The molecule has 0 aliphatic rings. The number of hydrogen-bond acceptors (Lipinski definition) is 5. The highest BCUT2D eigenvalue weighted by atomic mass is 32.1. The molecule has 0 atom stereocenters. The van der Waals surface area contributed by atoms with Crippen LogP contribution in [0.15, 0.2) is 30.3 Å². The Kier molecular flexibility index (Phi) is 3.78. The van der Waals surface area contributed by atoms with Crippen LogP contribution in [0.3, 0.4) is 0 Å². The van der Waals surface area contributed by atoms with Gasteiger partial charge >= 0.3 is 5.97 Å². The maximum absolute atomic E-state index is 10.7. The second-order valence-corrected chi connectivity index (χ2v) is 4.39. The van der Waals surface area contributed by atoms with Crippen LogP contribution in [0.5, 0.6) is 5.75 Å². The first-order chi connectivity index (χ1) is 8.69. The zero-order valence-electron chi connectivity index (χ0n) is 9.71. The van der Waals surface area contributed by atoms with Crippen LogP contribution in [0.4, 0.5) is 5.82 Å². The van der Waals surface area contributed by atoms with Crippen LogP contribution in [0.25, 0.3) is 0 Å². The second kappa shape index (κ2) is 5.50. The SMILES string of the molecule is COc1ccc(CNc2cc(C(=O)O)sn2)cc1. The Morgan fingerprint density at radius 2 is 2.17 bits per heavy atom. The Bertz CT molecular complexity index is 537. The number of nitrogens with one attached hydrogen (secondary N) is 1. The minimum atomic E-state index is -0.954. The Hall–Kier alpha value is -2.08. The molecule has 5 nitrogen and oxygen atoms in total. The highest BCUT2D eigenvalue weighted by molar-refractivity contribution is 7.08. The van der Waals surface area contributed by atoms with E-state index in [2.05, 4.69) is 9.69 Å². The summed E-state index contributed by atoms with van der Waals surface area (Å²) in [6.45, 7) is 0.590. The van der Waals surface area contributed by atoms with E-state index in [0.29, 0.717) is 12.4 Å². The molecule has 1 aromatic carbocycles. The number of rotatable bonds is 5. The van der Waals surface area contributed by atoms with E-state index < -0.39 is 5.97 Å². The van der Waals surface area contributed by atoms with Gasteiger partial charge in [0.25, 0.3) is 0 Å². The molecule has 6 heteroatoms. The summed E-state index contributed by atoms with van der Waals surface area (Å²) in [7, 11) is 1.62. The van der Waals surface area contributed by atoms with E-state index in [9.17, 15) is 4.79 Å². The highest BCUT2D eigenvalue weighted by Crippen LogP contribution is 2.16. The summed E-state index contributed by atoms with van der Waals surface area (Å²) >= 11 is 0.967. The number of benzene rings is 1. The van der Waals surface area contributed by atoms with Crippen LogP contribution < -0.4 is 10.1 Å². The van der Waals surface area contributed by atoms with Crippen LogP contribution in [0.2, 0.25) is 0 Å². The third-order valence-corrected chi connectivity index (χ3v) is 3.13. The first-order valence-electron chi connectivity index (χ1n) is 5.26. The van der Waals surface area contributed by atoms with E-state index in [1.807, 2.05) is 24.3 Å². The van der Waals surface area contributed by atoms with Crippen LogP contribution in [0, 0.1) is 0 Å². The topological polar surface area (TPSA) is 71.5 Å². The molecular formula is C12H12N2O3S. The molecule has 2 N–H and O–H groups in total. The number of carboxylic acids is 1. The highest BCUT2D eigenvalue weighted by Gasteiger charge is 2.07. The van der Waals surface area contributed by atoms with Crippen molar-refractivity contribution < 1.29 is 14.6 Å². The first kappa shape index (κ1) is 12.4. The van der Waals surface area contributed by atoms with Crippen molar-refractivity contribution in [1.82, 2.24) is 4.37 Å². The van der Waals surface area contributed by atoms with Crippen molar-refractivity contribution in [2.45, 2.75) is 6.54 Å². The molecule has 94 valence electrons. The van der Waals surface area contributed by atoms with E-state index >= 15 is 0 Å². The zero-order chi connectivity index (χ0) is 13.0. The van der Waals surface area contributed by atoms with Crippen molar-refractivity contribution in [1.29, 1.82) is 0 Å². The first-order valence-corrected chi connectivity index (χ1v) is 6.03. The summed E-state index contributed by atoms with van der Waals surface area (Å²) < 4.78 is 9.08. The molecule has 0 spiro atoms. The van der Waals surface area contributed by atoms with E-state index in [1.165, 1.54) is 6.07 Å². The van der Waals surface area contributed by atoms with E-state index in [1.54, 1.807) is 7.11 Å². The molecular weight excluding hydrogens is 252 g/mol. The maximum atomic E-state index is 10.7. The number of nitrogens with zero attached hydrogens (tertiary/aromatic N) is 1. The smallest absolute Gasteiger partial charge is 0.347 e. The van der Waals surface area contributed by atoms with Gasteiger partial charge in [0, 0.05) is 12.6 Å². The van der Waals surface area contributed by atoms with Crippen LogP contribution in [0.1, 0.15) is 15.2 Å². The molecule has 0 aliphatic carbocycles. The van der Waals surface area contributed by atoms with Gasteiger partial charge in [-0.25, -0.2) is 4.79 Å². The maximum Gasteiger partial charge on any atom is 0.347 e. The minimum Gasteiger partial charge on any atom is -0.497 e. The van der Waals surface area contributed by atoms with Gasteiger partial charge in [0.15, 0.2) is 0 Å². The number of methoxy groups -OCH3 is 1. The summed E-state index contributed by atoms with van der Waals surface area (Å²) in [5.41, 5.74) is 1.07. The molecule has 1 aromatic heterocycles. The third kappa shape index (κ3) is 2.98. The lowest BCUT2D eigenvalue weighted by Crippen LogP contribution is -1.99. The predicted octanol–water partition coefficient (Wildman–Crippen LogP) is 2.46. The summed E-state index contributed by atoms with van der Waals surface area (Å²) in [5, 5.41) is 11.8. The lowest BCUT2D eigenvalue weighted by Gasteiger charge is -2.04. The van der Waals surface area contributed by atoms with Crippen molar-refractivity contribution >= 4 is 23.3 Å². The normalized spacial score (nSPS) is 10.1. The summed E-state index contributed by atoms with van der Waals surface area (Å²) in [6.07, 6.45) is 0. The Balaban J connectivity index is 1.95. The fourth-order valence-corrected chi connectivity index (χ4v) is 1.95. The largest absolute Gasteiger partial charge is 0.497 e. The molecule has 0 saturated heterocycles. The van der Waals surface area contributed by atoms with Gasteiger partial charge < -0.3 is 15.2 Å². The van der Waals surface area contributed by atoms with Gasteiger partial charge in [-0.05, 0) is 29.2 Å². The number of carboxylic acid groups (broad SMARTS) is 1. The molecule has 0 aliphatic heterocycles. The molecule has 2 aromatic rings. The van der Waals surface area contributed by atoms with Gasteiger partial charge in [-0.15, -0.1) is 0 Å². The molecule has 0 radical (unpaired) electrons. The molecule has 0 fully saturated rings. The number of aromatic carboxylic acids is 1. The lowest BCUT2D eigenvalue weighted by atomic mass is 10.2. The fourth-order valence-electron chi connectivity index (χ4n) is 1.40. The van der Waals surface area contributed by atoms with Crippen LogP contribution in [-0.4, -0.2) is 22.6 Å². The molecule has 1 heterocycles. The van der Waals surface area contributed by atoms with Gasteiger partial charge in [-0.2, -0.15) is 4.37 Å². The number of hydrogen-bond donors (Lipinski definition) is 2. The van der Waals surface area contributed by atoms with Crippen molar-refractivity contribution in [3.05, 3.63) is 40.8 Å². The third-order valence-electron chi connectivity index (χ3n) is 2.35. The molecule has 18 heavy (non-hydrogen) atoms. The van der Waals surface area contributed by atoms with Gasteiger partial charge in [0.1, 0.15) is 16.4 Å². The number of aromatic nitrogens is 1. The average molecular weight is 264 g/mol. The summed E-state index contributed by atoms with van der Waals surface area (Å²) in [4.78, 5) is 10.9. The Labute approximate surface area is 108 Å². The van der Waals surface area contributed by atoms with Crippen molar-refractivity contribution in [2.75, 3.05) is 12.4 Å². The summed E-state index contributed by atoms with van der Waals surface area (Å²) in [6, 6.07) is 9.16. The van der Waals surface area contributed by atoms with Gasteiger partial charge in [0.2, 0.25) is 0 Å². The van der Waals surface area contributed by atoms with Gasteiger partial charge in [-0.3, -0.25) is 0 Å². The Morgan fingerprint density at radius 3 is 2.72 bits per heavy atom. The van der Waals surface area contributed by atoms with E-state index in [0.717, 1.165) is 22.8 Å². The van der Waals surface area contributed by atoms with Crippen molar-refractivity contribution in [3.63, 3.8) is 0 Å². The van der Waals surface area contributed by atoms with E-state index in [-0.39, 0.29) is 4.88 Å². The monoisotopic (exact) mass is 264 g/mol. The minimum absolute atomic E-state index is 0.229. The van der Waals surface area contributed by atoms with Crippen molar-refractivity contribution in [3.8, 4) is 5.75 Å². The van der Waals surface area contributed by atoms with Gasteiger partial charge in [0.05, 0.1) is 7.11 Å². The molecule has 0 amide bonds. The molecule has 0 unspecified atom stereocenters.